The van der Waals surface area contributed by atoms with Gasteiger partial charge in [0.05, 0.1) is 18.2 Å². The Bertz CT molecular complexity index is 459. The Balaban J connectivity index is 2.27. The molecule has 0 aliphatic carbocycles. The molecule has 2 aromatic rings. The summed E-state index contributed by atoms with van der Waals surface area (Å²) in [5.74, 6) is 0. The molecule has 1 aliphatic rings. The molecule has 0 bridgehead atoms. The summed E-state index contributed by atoms with van der Waals surface area (Å²) in [6.07, 6.45) is 3.81. The minimum absolute atomic E-state index is 0.959. The van der Waals surface area contributed by atoms with Crippen LogP contribution in [0.1, 0.15) is 0 Å². The Morgan fingerprint density at radius 2 is 2.21 bits per heavy atom. The smallest absolute Gasteiger partial charge is 0.0951 e. The summed E-state index contributed by atoms with van der Waals surface area (Å²) in [7, 11) is 0. The van der Waals surface area contributed by atoms with Crippen molar-refractivity contribution in [1.82, 2.24) is 9.55 Å². The minimum atomic E-state index is 0.959. The number of benzene rings is 1. The lowest BCUT2D eigenvalue weighted by Gasteiger charge is -2.05. The molecule has 2 heterocycles. The highest BCUT2D eigenvalue weighted by Gasteiger charge is 2.12. The van der Waals surface area contributed by atoms with Crippen LogP contribution in [-0.4, -0.2) is 16.1 Å². The number of para-hydroxylation sites is 1. The van der Waals surface area contributed by atoms with Crippen LogP contribution in [0.5, 0.6) is 0 Å². The van der Waals surface area contributed by atoms with Gasteiger partial charge in [-0.3, -0.25) is 0 Å². The summed E-state index contributed by atoms with van der Waals surface area (Å²) < 4.78 is 2.18. The summed E-state index contributed by atoms with van der Waals surface area (Å²) in [6.45, 7) is 1.93. The van der Waals surface area contributed by atoms with E-state index in [0.717, 1.165) is 13.1 Å². The van der Waals surface area contributed by atoms with Gasteiger partial charge in [-0.15, -0.1) is 0 Å². The van der Waals surface area contributed by atoms with Gasteiger partial charge in [-0.2, -0.15) is 0 Å². The van der Waals surface area contributed by atoms with Crippen LogP contribution < -0.4 is 5.32 Å². The van der Waals surface area contributed by atoms with Crippen LogP contribution in [0.2, 0.25) is 0 Å². The first-order valence-electron chi connectivity index (χ1n) is 4.78. The van der Waals surface area contributed by atoms with Gasteiger partial charge in [0.25, 0.3) is 0 Å². The second-order valence-electron chi connectivity index (χ2n) is 3.44. The van der Waals surface area contributed by atoms with Crippen LogP contribution >= 0.6 is 0 Å². The average molecular weight is 185 g/mol. The second-order valence-corrected chi connectivity index (χ2v) is 3.44. The Labute approximate surface area is 82.4 Å². The maximum Gasteiger partial charge on any atom is 0.0951 e. The topological polar surface area (TPSA) is 29.9 Å². The second kappa shape index (κ2) is 2.87. The van der Waals surface area contributed by atoms with E-state index >= 15 is 0 Å². The lowest BCUT2D eigenvalue weighted by molar-refractivity contribution is 0.741. The predicted molar refractivity (Wildman–Crippen MR) is 56.2 cm³/mol. The van der Waals surface area contributed by atoms with Crippen molar-refractivity contribution < 1.29 is 0 Å². The maximum absolute atomic E-state index is 4.18. The molecule has 70 valence electrons. The van der Waals surface area contributed by atoms with Gasteiger partial charge >= 0.3 is 0 Å². The van der Waals surface area contributed by atoms with Crippen molar-refractivity contribution in [2.75, 3.05) is 11.9 Å². The number of hydrogen-bond donors (Lipinski definition) is 1. The van der Waals surface area contributed by atoms with Crippen molar-refractivity contribution in [3.63, 3.8) is 0 Å². The van der Waals surface area contributed by atoms with E-state index < -0.39 is 0 Å². The zero-order chi connectivity index (χ0) is 9.38. The molecule has 3 heteroatoms. The van der Waals surface area contributed by atoms with Crippen molar-refractivity contribution in [2.24, 2.45) is 0 Å². The third-order valence-electron chi connectivity index (χ3n) is 2.58. The highest BCUT2D eigenvalue weighted by Crippen LogP contribution is 2.29. The van der Waals surface area contributed by atoms with Crippen LogP contribution in [0.15, 0.2) is 36.8 Å². The summed E-state index contributed by atoms with van der Waals surface area (Å²) in [6, 6.07) is 8.35. The number of fused-ring (bicyclic) bond motifs is 3. The van der Waals surface area contributed by atoms with Gasteiger partial charge in [-0.25, -0.2) is 4.98 Å². The molecule has 0 fully saturated rings. The van der Waals surface area contributed by atoms with Crippen LogP contribution in [0, 0.1) is 0 Å². The molecule has 1 aromatic carbocycles. The predicted octanol–water partition coefficient (Wildman–Crippen LogP) is 1.98. The third-order valence-corrected chi connectivity index (χ3v) is 2.58. The molecular weight excluding hydrogens is 174 g/mol. The number of imidazole rings is 1. The molecule has 0 spiro atoms. The minimum Gasteiger partial charge on any atom is -0.383 e. The molecule has 1 aliphatic heterocycles. The SMILES string of the molecule is c1ccc2c(c1)NCCn1cncc1-2. The van der Waals surface area contributed by atoms with Gasteiger partial charge in [0.1, 0.15) is 0 Å². The lowest BCUT2D eigenvalue weighted by atomic mass is 10.1. The standard InChI is InChI=1S/C11H11N3/c1-2-4-10-9(3-1)11-7-12-8-14(11)6-5-13-10/h1-4,7-8,13H,5-6H2. The van der Waals surface area contributed by atoms with E-state index in [1.165, 1.54) is 16.9 Å². The Morgan fingerprint density at radius 3 is 3.21 bits per heavy atom. The molecule has 14 heavy (non-hydrogen) atoms. The summed E-state index contributed by atoms with van der Waals surface area (Å²) in [5.41, 5.74) is 3.64. The summed E-state index contributed by atoms with van der Waals surface area (Å²) in [5, 5.41) is 3.41. The van der Waals surface area contributed by atoms with Crippen molar-refractivity contribution >= 4 is 5.69 Å². The highest BCUT2D eigenvalue weighted by atomic mass is 15.1. The van der Waals surface area contributed by atoms with E-state index in [1.54, 1.807) is 0 Å². The van der Waals surface area contributed by atoms with Gasteiger partial charge < -0.3 is 9.88 Å². The molecule has 1 N–H and O–H groups in total. The van der Waals surface area contributed by atoms with Gasteiger partial charge in [-0.05, 0) is 6.07 Å². The van der Waals surface area contributed by atoms with Crippen LogP contribution in [0.3, 0.4) is 0 Å². The Hall–Kier alpha value is -1.77. The van der Waals surface area contributed by atoms with E-state index in [9.17, 15) is 0 Å². The Kier molecular flexibility index (Phi) is 1.56. The zero-order valence-electron chi connectivity index (χ0n) is 7.77. The molecule has 3 rings (SSSR count). The molecule has 0 unspecified atom stereocenters. The molecule has 0 saturated carbocycles. The number of hydrogen-bond acceptors (Lipinski definition) is 2. The number of aromatic nitrogens is 2. The van der Waals surface area contributed by atoms with Crippen LogP contribution in [0.4, 0.5) is 5.69 Å². The highest BCUT2D eigenvalue weighted by molar-refractivity contribution is 5.76. The van der Waals surface area contributed by atoms with Crippen LogP contribution in [-0.2, 0) is 6.54 Å². The monoisotopic (exact) mass is 185 g/mol. The zero-order valence-corrected chi connectivity index (χ0v) is 7.77. The van der Waals surface area contributed by atoms with Crippen molar-refractivity contribution in [3.8, 4) is 11.3 Å². The van der Waals surface area contributed by atoms with E-state index in [2.05, 4.69) is 39.1 Å². The third kappa shape index (κ3) is 1.02. The molecular formula is C11H11N3. The number of nitrogens with one attached hydrogen (secondary N) is 1. The Morgan fingerprint density at radius 1 is 1.29 bits per heavy atom. The molecule has 0 atom stereocenters. The van der Waals surface area contributed by atoms with Crippen LogP contribution in [0.25, 0.3) is 11.3 Å². The maximum atomic E-state index is 4.18. The van der Waals surface area contributed by atoms with E-state index in [4.69, 9.17) is 0 Å². The summed E-state index contributed by atoms with van der Waals surface area (Å²) >= 11 is 0. The largest absolute Gasteiger partial charge is 0.383 e. The fourth-order valence-electron chi connectivity index (χ4n) is 1.89. The first-order valence-corrected chi connectivity index (χ1v) is 4.78. The fraction of sp³-hybridized carbons (Fsp3) is 0.182. The first kappa shape index (κ1) is 7.62. The molecule has 0 radical (unpaired) electrons. The van der Waals surface area contributed by atoms with Gasteiger partial charge in [-0.1, -0.05) is 18.2 Å². The van der Waals surface area contributed by atoms with Crippen molar-refractivity contribution in [3.05, 3.63) is 36.8 Å². The van der Waals surface area contributed by atoms with Crippen molar-refractivity contribution in [1.29, 1.82) is 0 Å². The fourth-order valence-corrected chi connectivity index (χ4v) is 1.89. The van der Waals surface area contributed by atoms with E-state index in [-0.39, 0.29) is 0 Å². The molecule has 0 saturated heterocycles. The molecule has 1 aromatic heterocycles. The first-order chi connectivity index (χ1) is 6.95. The number of anilines is 1. The molecule has 0 amide bonds. The summed E-state index contributed by atoms with van der Waals surface area (Å²) in [4.78, 5) is 4.18. The van der Waals surface area contributed by atoms with E-state index in [0.29, 0.717) is 0 Å². The van der Waals surface area contributed by atoms with Gasteiger partial charge in [0.2, 0.25) is 0 Å². The van der Waals surface area contributed by atoms with Gasteiger partial charge in [0, 0.05) is 24.3 Å². The molecule has 3 nitrogen and oxygen atoms in total. The lowest BCUT2D eigenvalue weighted by Crippen LogP contribution is -2.06. The van der Waals surface area contributed by atoms with E-state index in [1.807, 2.05) is 12.5 Å². The quantitative estimate of drug-likeness (QED) is 0.680. The normalized spacial score (nSPS) is 13.7. The van der Waals surface area contributed by atoms with Crippen molar-refractivity contribution in [2.45, 2.75) is 6.54 Å². The average Bonchev–Trinajstić information content (AvgIpc) is 2.61. The van der Waals surface area contributed by atoms with Gasteiger partial charge in [0.15, 0.2) is 0 Å². The number of rotatable bonds is 0. The number of nitrogens with zero attached hydrogens (tertiary/aromatic N) is 2.